The van der Waals surface area contributed by atoms with Crippen molar-refractivity contribution in [2.45, 2.75) is 19.4 Å². The van der Waals surface area contributed by atoms with Gasteiger partial charge in [-0.15, -0.1) is 0 Å². The van der Waals surface area contributed by atoms with Crippen LogP contribution in [0.5, 0.6) is 0 Å². The van der Waals surface area contributed by atoms with Crippen LogP contribution < -0.4 is 0 Å². The number of allylic oxidation sites excluding steroid dienone is 1. The van der Waals surface area contributed by atoms with E-state index in [9.17, 15) is 14.4 Å². The number of carbonyl (C=O) groups is 3. The number of hydrogen-bond donors (Lipinski definition) is 0. The zero-order valence-electron chi connectivity index (χ0n) is 11.1. The lowest BCUT2D eigenvalue weighted by molar-refractivity contribution is -0.144. The molecule has 0 N–H and O–H groups in total. The first kappa shape index (κ1) is 14.9. The Morgan fingerprint density at radius 3 is 2.38 bits per heavy atom. The molecule has 0 saturated carbocycles. The predicted molar refractivity (Wildman–Crippen MR) is 73.8 cm³/mol. The van der Waals surface area contributed by atoms with Crippen molar-refractivity contribution in [3.05, 3.63) is 46.0 Å². The molecule has 0 saturated heterocycles. The average molecular weight is 304 g/mol. The quantitative estimate of drug-likeness (QED) is 0.801. The number of rotatable bonds is 3. The van der Waals surface area contributed by atoms with Gasteiger partial charge in [0.15, 0.2) is 5.78 Å². The van der Waals surface area contributed by atoms with Gasteiger partial charge in [0, 0.05) is 17.5 Å². The Morgan fingerprint density at radius 1 is 1.29 bits per heavy atom. The number of carbonyl (C=O) groups excluding carboxylic acids is 3. The lowest BCUT2D eigenvalue weighted by Gasteiger charge is -2.20. The fourth-order valence-electron chi connectivity index (χ4n) is 1.96. The van der Waals surface area contributed by atoms with Crippen molar-refractivity contribution in [2.75, 3.05) is 0 Å². The fourth-order valence-corrected chi connectivity index (χ4v) is 2.25. The molecule has 0 heterocycles. The molecule has 1 aliphatic rings. The number of ether oxygens (including phenoxy) is 1. The molecule has 1 aliphatic carbocycles. The standard InChI is InChI=1S/C15H10ClNO4/c1-2-11(18)21-10(7-17)12-13(16)15(20)9-6-4-3-5-8(9)14(12)19/h3-6,10H,2H2,1H3. The maximum Gasteiger partial charge on any atom is 0.307 e. The van der Waals surface area contributed by atoms with Crippen LogP contribution in [0, 0.1) is 11.3 Å². The first-order valence-electron chi connectivity index (χ1n) is 6.18. The summed E-state index contributed by atoms with van der Waals surface area (Å²) in [5, 5.41) is 8.73. The largest absolute Gasteiger partial charge is 0.442 e. The van der Waals surface area contributed by atoms with Gasteiger partial charge in [-0.1, -0.05) is 42.8 Å². The molecule has 0 bridgehead atoms. The summed E-state index contributed by atoms with van der Waals surface area (Å²) >= 11 is 5.92. The highest BCUT2D eigenvalue weighted by Crippen LogP contribution is 2.31. The average Bonchev–Trinajstić information content (AvgIpc) is 2.51. The third-order valence-electron chi connectivity index (χ3n) is 3.01. The second-order valence-corrected chi connectivity index (χ2v) is 4.66. The highest BCUT2D eigenvalue weighted by molar-refractivity contribution is 6.50. The molecular weight excluding hydrogens is 294 g/mol. The number of ketones is 2. The Bertz CT molecular complexity index is 715. The zero-order valence-corrected chi connectivity index (χ0v) is 11.8. The van der Waals surface area contributed by atoms with Crippen molar-refractivity contribution in [3.63, 3.8) is 0 Å². The molecule has 1 aromatic carbocycles. The summed E-state index contributed by atoms with van der Waals surface area (Å²) in [7, 11) is 0. The molecule has 1 atom stereocenters. The SMILES string of the molecule is CCC(=O)OC(C#N)C1=C(Cl)C(=O)c2ccccc2C1=O. The number of halogens is 1. The summed E-state index contributed by atoms with van der Waals surface area (Å²) in [5.41, 5.74) is 0.0362. The van der Waals surface area contributed by atoms with E-state index in [0.29, 0.717) is 0 Å². The van der Waals surface area contributed by atoms with Crippen molar-refractivity contribution in [1.29, 1.82) is 5.26 Å². The normalized spacial score (nSPS) is 15.3. The number of benzene rings is 1. The third kappa shape index (κ3) is 2.58. The molecule has 2 rings (SSSR count). The Hall–Kier alpha value is -2.45. The summed E-state index contributed by atoms with van der Waals surface area (Å²) in [5.74, 6) is -1.79. The smallest absolute Gasteiger partial charge is 0.307 e. The van der Waals surface area contributed by atoms with E-state index in [4.69, 9.17) is 21.6 Å². The molecule has 0 amide bonds. The maximum absolute atomic E-state index is 12.4. The lowest BCUT2D eigenvalue weighted by atomic mass is 9.87. The van der Waals surface area contributed by atoms with Gasteiger partial charge in [-0.2, -0.15) is 5.26 Å². The molecule has 6 heteroatoms. The number of hydrogen-bond acceptors (Lipinski definition) is 5. The van der Waals surface area contributed by atoms with Gasteiger partial charge in [-0.05, 0) is 0 Å². The Balaban J connectivity index is 2.51. The van der Waals surface area contributed by atoms with E-state index < -0.39 is 23.6 Å². The molecule has 1 aromatic rings. The van der Waals surface area contributed by atoms with Crippen LogP contribution in [0.4, 0.5) is 0 Å². The summed E-state index contributed by atoms with van der Waals surface area (Å²) in [6.07, 6.45) is -1.45. The van der Waals surface area contributed by atoms with Crippen LogP contribution in [-0.2, 0) is 9.53 Å². The number of esters is 1. The van der Waals surface area contributed by atoms with Crippen LogP contribution in [0.3, 0.4) is 0 Å². The van der Waals surface area contributed by atoms with E-state index in [-0.39, 0.29) is 28.2 Å². The van der Waals surface area contributed by atoms with Gasteiger partial charge in [0.25, 0.3) is 0 Å². The number of nitrogens with zero attached hydrogens (tertiary/aromatic N) is 1. The maximum atomic E-state index is 12.4. The highest BCUT2D eigenvalue weighted by atomic mass is 35.5. The first-order chi connectivity index (χ1) is 10.0. The van der Waals surface area contributed by atoms with Gasteiger partial charge >= 0.3 is 5.97 Å². The summed E-state index contributed by atoms with van der Waals surface area (Å²) in [4.78, 5) is 35.9. The van der Waals surface area contributed by atoms with E-state index in [0.717, 1.165) is 0 Å². The molecule has 0 spiro atoms. The number of nitriles is 1. The predicted octanol–water partition coefficient (Wildman–Crippen LogP) is 2.40. The minimum absolute atomic E-state index is 0.0435. The molecule has 1 unspecified atom stereocenters. The van der Waals surface area contributed by atoms with Crippen LogP contribution in [0.1, 0.15) is 34.1 Å². The van der Waals surface area contributed by atoms with Crippen LogP contribution in [0.25, 0.3) is 0 Å². The van der Waals surface area contributed by atoms with Crippen LogP contribution in [0.2, 0.25) is 0 Å². The molecule has 106 valence electrons. The van der Waals surface area contributed by atoms with Crippen LogP contribution >= 0.6 is 11.6 Å². The van der Waals surface area contributed by atoms with Gasteiger partial charge in [-0.25, -0.2) is 0 Å². The van der Waals surface area contributed by atoms with Gasteiger partial charge in [0.2, 0.25) is 11.9 Å². The Labute approximate surface area is 125 Å². The third-order valence-corrected chi connectivity index (χ3v) is 3.39. The fraction of sp³-hybridized carbons (Fsp3) is 0.200. The monoisotopic (exact) mass is 303 g/mol. The molecule has 0 aliphatic heterocycles. The molecule has 0 radical (unpaired) electrons. The summed E-state index contributed by atoms with van der Waals surface area (Å²) < 4.78 is 4.88. The van der Waals surface area contributed by atoms with Crippen molar-refractivity contribution >= 4 is 29.1 Å². The molecule has 5 nitrogen and oxygen atoms in total. The van der Waals surface area contributed by atoms with E-state index in [2.05, 4.69) is 0 Å². The van der Waals surface area contributed by atoms with E-state index in [1.807, 2.05) is 0 Å². The summed E-state index contributed by atoms with van der Waals surface area (Å²) in [6, 6.07) is 7.85. The van der Waals surface area contributed by atoms with Crippen LogP contribution in [0.15, 0.2) is 34.9 Å². The van der Waals surface area contributed by atoms with E-state index >= 15 is 0 Å². The van der Waals surface area contributed by atoms with Crippen molar-refractivity contribution in [1.82, 2.24) is 0 Å². The van der Waals surface area contributed by atoms with Gasteiger partial charge < -0.3 is 4.74 Å². The minimum Gasteiger partial charge on any atom is -0.442 e. The Kier molecular flexibility index (Phi) is 4.20. The van der Waals surface area contributed by atoms with E-state index in [1.165, 1.54) is 12.1 Å². The first-order valence-corrected chi connectivity index (χ1v) is 6.56. The topological polar surface area (TPSA) is 84.2 Å². The molecule has 0 fully saturated rings. The van der Waals surface area contributed by atoms with Crippen LogP contribution in [-0.4, -0.2) is 23.6 Å². The second kappa shape index (κ2) is 5.90. The van der Waals surface area contributed by atoms with E-state index in [1.54, 1.807) is 25.1 Å². The van der Waals surface area contributed by atoms with Gasteiger partial charge in [0.1, 0.15) is 11.1 Å². The zero-order chi connectivity index (χ0) is 15.6. The van der Waals surface area contributed by atoms with Crippen molar-refractivity contribution in [2.24, 2.45) is 0 Å². The lowest BCUT2D eigenvalue weighted by Crippen LogP contribution is -2.29. The van der Waals surface area contributed by atoms with Gasteiger partial charge in [-0.3, -0.25) is 14.4 Å². The van der Waals surface area contributed by atoms with Crippen molar-refractivity contribution < 1.29 is 19.1 Å². The molecule has 0 aromatic heterocycles. The molecular formula is C15H10ClNO4. The van der Waals surface area contributed by atoms with Gasteiger partial charge in [0.05, 0.1) is 5.57 Å². The minimum atomic E-state index is -1.49. The molecule has 21 heavy (non-hydrogen) atoms. The highest BCUT2D eigenvalue weighted by Gasteiger charge is 2.37. The number of fused-ring (bicyclic) bond motifs is 1. The second-order valence-electron chi connectivity index (χ2n) is 4.28. The Morgan fingerprint density at radius 2 is 1.86 bits per heavy atom. The summed E-state index contributed by atoms with van der Waals surface area (Å²) in [6.45, 7) is 1.55. The van der Waals surface area contributed by atoms with Crippen molar-refractivity contribution in [3.8, 4) is 6.07 Å². The number of Topliss-reactive ketones (excluding diaryl/α,β-unsaturated/α-hetero) is 2.